The molecule has 19 heavy (non-hydrogen) atoms. The third kappa shape index (κ3) is 2.86. The molecule has 2 rings (SSSR count). The number of aliphatic hydroxyl groups is 1. The second-order valence-electron chi connectivity index (χ2n) is 4.43. The van der Waals surface area contributed by atoms with E-state index in [2.05, 4.69) is 0 Å². The number of hydrogen-bond donors (Lipinski definition) is 2. The van der Waals surface area contributed by atoms with Gasteiger partial charge >= 0.3 is 29.6 Å². The smallest absolute Gasteiger partial charge is 0.543 e. The molecule has 0 spiro atoms. The van der Waals surface area contributed by atoms with Gasteiger partial charge in [-0.15, -0.1) is 11.8 Å². The molecule has 0 aromatic carbocycles. The fourth-order valence-electron chi connectivity index (χ4n) is 2.28. The van der Waals surface area contributed by atoms with E-state index in [-0.39, 0.29) is 46.5 Å². The number of carboxylic acids is 1. The molecule has 0 radical (unpaired) electrons. The number of allylic oxidation sites excluding steroid dienone is 1. The number of amides is 1. The van der Waals surface area contributed by atoms with E-state index in [1.807, 2.05) is 0 Å². The van der Waals surface area contributed by atoms with E-state index in [0.717, 1.165) is 0 Å². The minimum absolute atomic E-state index is 0. The Morgan fingerprint density at radius 1 is 1.63 bits per heavy atom. The molecule has 1 fully saturated rings. The molecule has 6 nitrogen and oxygen atoms in total. The van der Waals surface area contributed by atoms with Crippen molar-refractivity contribution in [1.29, 1.82) is 0 Å². The summed E-state index contributed by atoms with van der Waals surface area (Å²) in [5.74, 6) is -2.21. The van der Waals surface area contributed by atoms with Crippen LogP contribution in [0.5, 0.6) is 0 Å². The normalized spacial score (nSPS) is 26.7. The number of carbonyl (C=O) groups excluding carboxylic acids is 2. The molecule has 0 bridgehead atoms. The number of hydrogen-bond acceptors (Lipinski definition) is 6. The van der Waals surface area contributed by atoms with Crippen molar-refractivity contribution in [2.75, 3.05) is 6.54 Å². The molecular formula is C11H15N2NaO4S. The zero-order valence-corrected chi connectivity index (χ0v) is 13.8. The van der Waals surface area contributed by atoms with Crippen LogP contribution in [0, 0.1) is 5.92 Å². The monoisotopic (exact) mass is 294 g/mol. The summed E-state index contributed by atoms with van der Waals surface area (Å²) in [7, 11) is 0. The van der Waals surface area contributed by atoms with Crippen molar-refractivity contribution >= 4 is 23.6 Å². The predicted octanol–water partition coefficient (Wildman–Crippen LogP) is -4.40. The van der Waals surface area contributed by atoms with Gasteiger partial charge in [-0.3, -0.25) is 9.69 Å². The van der Waals surface area contributed by atoms with E-state index < -0.39 is 18.0 Å². The number of carbonyl (C=O) groups is 2. The maximum absolute atomic E-state index is 11.8. The van der Waals surface area contributed by atoms with Gasteiger partial charge in [-0.25, -0.2) is 0 Å². The molecule has 3 N–H and O–H groups in total. The first kappa shape index (κ1) is 17.0. The van der Waals surface area contributed by atoms with Crippen molar-refractivity contribution in [3.05, 3.63) is 10.6 Å². The Labute approximate surface area is 137 Å². The first-order valence-electron chi connectivity index (χ1n) is 5.81. The third-order valence-electron chi connectivity index (χ3n) is 3.17. The van der Waals surface area contributed by atoms with Crippen molar-refractivity contribution in [3.63, 3.8) is 0 Å². The SMILES string of the molecule is C[C@@H](O)[C@H]1C(=O)N2C(C(=O)[O-])=C(CCCN)S[C@H]12.[Na+]. The van der Waals surface area contributed by atoms with Gasteiger partial charge in [0.25, 0.3) is 0 Å². The molecule has 3 atom stereocenters. The molecule has 0 aromatic rings. The van der Waals surface area contributed by atoms with Crippen LogP contribution in [0.4, 0.5) is 0 Å². The fraction of sp³-hybridized carbons (Fsp3) is 0.636. The van der Waals surface area contributed by atoms with Crippen LogP contribution in [0.3, 0.4) is 0 Å². The molecule has 0 unspecified atom stereocenters. The average Bonchev–Trinajstić information content (AvgIpc) is 2.60. The van der Waals surface area contributed by atoms with E-state index in [9.17, 15) is 19.8 Å². The van der Waals surface area contributed by atoms with Crippen LogP contribution in [0.2, 0.25) is 0 Å². The standard InChI is InChI=1S/C11H16N2O4S.Na/c1-5(14)7-9(15)13-8(11(16)17)6(3-2-4-12)18-10(7)13;/h5,7,10,14H,2-4,12H2,1H3,(H,16,17);/q;+1/p-1/t5-,7+,10-;/m1./s1. The molecular weight excluding hydrogens is 279 g/mol. The van der Waals surface area contributed by atoms with Crippen LogP contribution in [-0.2, 0) is 9.59 Å². The molecule has 1 saturated heterocycles. The predicted molar refractivity (Wildman–Crippen MR) is 63.7 cm³/mol. The number of β-lactam (4-membered cyclic amide) rings is 1. The number of aliphatic carboxylic acids is 1. The zero-order chi connectivity index (χ0) is 13.4. The zero-order valence-electron chi connectivity index (χ0n) is 11.0. The summed E-state index contributed by atoms with van der Waals surface area (Å²) in [5.41, 5.74) is 5.36. The van der Waals surface area contributed by atoms with E-state index in [4.69, 9.17) is 5.73 Å². The maximum Gasteiger partial charge on any atom is 1.00 e. The van der Waals surface area contributed by atoms with Crippen LogP contribution >= 0.6 is 11.8 Å². The molecule has 0 saturated carbocycles. The van der Waals surface area contributed by atoms with Crippen LogP contribution in [-0.4, -0.2) is 39.9 Å². The summed E-state index contributed by atoms with van der Waals surface area (Å²) in [4.78, 5) is 24.8. The van der Waals surface area contributed by atoms with Crippen LogP contribution in [0.1, 0.15) is 19.8 Å². The minimum atomic E-state index is -1.34. The summed E-state index contributed by atoms with van der Waals surface area (Å²) < 4.78 is 0. The van der Waals surface area contributed by atoms with Gasteiger partial charge in [0.2, 0.25) is 5.91 Å². The third-order valence-corrected chi connectivity index (χ3v) is 4.60. The number of aliphatic hydroxyl groups excluding tert-OH is 1. The molecule has 2 aliphatic rings. The number of nitrogens with two attached hydrogens (primary N) is 1. The fourth-order valence-corrected chi connectivity index (χ4v) is 3.93. The Kier molecular flexibility index (Phi) is 5.91. The Morgan fingerprint density at radius 3 is 2.74 bits per heavy atom. The molecule has 0 aliphatic carbocycles. The Bertz CT molecular complexity index is 427. The van der Waals surface area contributed by atoms with Crippen LogP contribution in [0.15, 0.2) is 10.6 Å². The van der Waals surface area contributed by atoms with E-state index >= 15 is 0 Å². The minimum Gasteiger partial charge on any atom is -0.543 e. The molecule has 2 heterocycles. The second-order valence-corrected chi connectivity index (χ2v) is 5.65. The van der Waals surface area contributed by atoms with Crippen molar-refractivity contribution in [2.24, 2.45) is 11.7 Å². The van der Waals surface area contributed by atoms with Gasteiger partial charge in [0, 0.05) is 4.91 Å². The molecule has 0 aromatic heterocycles. The van der Waals surface area contributed by atoms with Gasteiger partial charge in [0.15, 0.2) is 0 Å². The van der Waals surface area contributed by atoms with Crippen molar-refractivity contribution in [1.82, 2.24) is 4.90 Å². The van der Waals surface area contributed by atoms with Crippen molar-refractivity contribution in [3.8, 4) is 0 Å². The molecule has 2 aliphatic heterocycles. The van der Waals surface area contributed by atoms with Gasteiger partial charge in [0.1, 0.15) is 5.37 Å². The first-order chi connectivity index (χ1) is 8.49. The summed E-state index contributed by atoms with van der Waals surface area (Å²) in [5, 5.41) is 20.3. The Balaban J connectivity index is 0.00000180. The topological polar surface area (TPSA) is 107 Å². The Hall–Kier alpha value is -0.0500. The molecule has 1 amide bonds. The van der Waals surface area contributed by atoms with Gasteiger partial charge in [0.05, 0.1) is 23.7 Å². The van der Waals surface area contributed by atoms with Crippen LogP contribution < -0.4 is 40.4 Å². The second kappa shape index (κ2) is 6.60. The summed E-state index contributed by atoms with van der Waals surface area (Å²) >= 11 is 1.33. The summed E-state index contributed by atoms with van der Waals surface area (Å²) in [6.45, 7) is 2.00. The van der Waals surface area contributed by atoms with Gasteiger partial charge in [-0.1, -0.05) is 0 Å². The van der Waals surface area contributed by atoms with Gasteiger partial charge < -0.3 is 20.7 Å². The number of fused-ring (bicyclic) bond motifs is 1. The number of nitrogens with zero attached hydrogens (tertiary/aromatic N) is 1. The molecule has 8 heteroatoms. The first-order valence-corrected chi connectivity index (χ1v) is 6.69. The van der Waals surface area contributed by atoms with E-state index in [0.29, 0.717) is 24.3 Å². The van der Waals surface area contributed by atoms with Crippen molar-refractivity contribution in [2.45, 2.75) is 31.2 Å². The summed E-state index contributed by atoms with van der Waals surface area (Å²) in [6, 6.07) is 0. The van der Waals surface area contributed by atoms with E-state index in [1.54, 1.807) is 0 Å². The summed E-state index contributed by atoms with van der Waals surface area (Å²) in [6.07, 6.45) is 0.410. The number of rotatable bonds is 5. The molecule has 100 valence electrons. The van der Waals surface area contributed by atoms with Gasteiger partial charge in [-0.05, 0) is 26.3 Å². The number of carboxylic acid groups (broad SMARTS) is 1. The van der Waals surface area contributed by atoms with E-state index in [1.165, 1.54) is 23.6 Å². The maximum atomic E-state index is 11.8. The largest absolute Gasteiger partial charge is 1.00 e. The van der Waals surface area contributed by atoms with Crippen LogP contribution in [0.25, 0.3) is 0 Å². The number of thioether (sulfide) groups is 1. The average molecular weight is 294 g/mol. The van der Waals surface area contributed by atoms with Crippen molar-refractivity contribution < 1.29 is 49.4 Å². The van der Waals surface area contributed by atoms with Gasteiger partial charge in [-0.2, -0.15) is 0 Å². The Morgan fingerprint density at radius 2 is 2.26 bits per heavy atom. The quantitative estimate of drug-likeness (QED) is 0.392.